The molecule has 5 aromatic carbocycles. The van der Waals surface area contributed by atoms with Crippen molar-refractivity contribution in [1.82, 2.24) is 5.32 Å². The maximum atomic E-state index is 13.5. The van der Waals surface area contributed by atoms with E-state index in [1.54, 1.807) is 24.3 Å². The van der Waals surface area contributed by atoms with Crippen LogP contribution in [0.15, 0.2) is 124 Å². The number of amides is 2. The molecule has 5 aromatic rings. The molecule has 0 aromatic heterocycles. The summed E-state index contributed by atoms with van der Waals surface area (Å²) in [5, 5.41) is 23.6. The largest absolute Gasteiger partial charge is 0.524 e. The van der Waals surface area contributed by atoms with E-state index in [-0.39, 0.29) is 58.9 Å². The van der Waals surface area contributed by atoms with Crippen LogP contribution in [-0.4, -0.2) is 102 Å². The number of para-hydroxylation sites is 1. The second-order valence-corrected chi connectivity index (χ2v) is 18.6. The predicted octanol–water partition coefficient (Wildman–Crippen LogP) is 8.06. The van der Waals surface area contributed by atoms with Crippen LogP contribution in [0.3, 0.4) is 0 Å². The number of carbonyl (C=O) groups excluding carboxylic acids is 3. The van der Waals surface area contributed by atoms with E-state index in [0.717, 1.165) is 35.1 Å². The molecule has 0 saturated carbocycles. The lowest BCUT2D eigenvalue weighted by molar-refractivity contribution is -0.142. The van der Waals surface area contributed by atoms with Gasteiger partial charge in [-0.15, -0.1) is 0 Å². The van der Waals surface area contributed by atoms with E-state index in [9.17, 15) is 29.2 Å². The lowest BCUT2D eigenvalue weighted by atomic mass is 9.98. The van der Waals surface area contributed by atoms with Crippen molar-refractivity contribution in [2.45, 2.75) is 42.2 Å². The number of carbonyl (C=O) groups is 3. The molecule has 1 aliphatic carbocycles. The minimum Gasteiger partial charge on any atom is -0.507 e. The van der Waals surface area contributed by atoms with E-state index < -0.39 is 38.1 Å². The molecule has 0 heterocycles. The molecule has 0 saturated heterocycles. The molecule has 67 heavy (non-hydrogen) atoms. The van der Waals surface area contributed by atoms with Gasteiger partial charge in [0.1, 0.15) is 35.6 Å². The number of phenols is 2. The van der Waals surface area contributed by atoms with Gasteiger partial charge in [-0.2, -0.15) is 0 Å². The van der Waals surface area contributed by atoms with Crippen LogP contribution in [0, 0.1) is 0 Å². The number of rotatable bonds is 21. The van der Waals surface area contributed by atoms with Crippen LogP contribution in [0.25, 0.3) is 11.1 Å². The van der Waals surface area contributed by atoms with E-state index in [4.69, 9.17) is 29.7 Å². The Hall–Kier alpha value is -6.34. The standard InChI is InChI=1S/C47H50N5O12PS2/c1-52(47(57)63-33-18-20-43(54)31(23-33)26-50-32(11-9-10-22-48)27-49-25-30-24-34(19-21-42(30)53)64-65(58,59)60)41-16-7-8-17-44(41)67-66-29-40(45(55)61-2)51-46(56)62-28-39-37-14-5-3-12-35(37)36-13-4-6-15-38(36)39/h3-8,12-21,23-26,32,39-40,53-54H,9-11,22,27-29,48H2,1-2H3,(H,51,56)(H2,58,59,60). The first-order valence-electron chi connectivity index (χ1n) is 20.9. The first-order chi connectivity index (χ1) is 32.2. The number of aromatic hydroxyl groups is 2. The van der Waals surface area contributed by atoms with Crippen molar-refractivity contribution in [2.75, 3.05) is 44.5 Å². The van der Waals surface area contributed by atoms with Gasteiger partial charge in [0, 0.05) is 47.2 Å². The number of hydrogen-bond donors (Lipinski definition) is 6. The molecular weight excluding hydrogens is 922 g/mol. The zero-order chi connectivity index (χ0) is 47.9. The number of phosphoric ester groups is 1. The van der Waals surface area contributed by atoms with E-state index in [2.05, 4.69) is 19.8 Å². The van der Waals surface area contributed by atoms with Crippen LogP contribution < -0.4 is 25.2 Å². The molecule has 0 aliphatic heterocycles. The number of fused-ring (bicyclic) bond motifs is 3. The Bertz CT molecular complexity index is 2600. The predicted molar refractivity (Wildman–Crippen MR) is 259 cm³/mol. The minimum atomic E-state index is -4.82. The molecule has 0 radical (unpaired) electrons. The van der Waals surface area contributed by atoms with Gasteiger partial charge in [-0.25, -0.2) is 18.9 Å². The quantitative estimate of drug-likeness (QED) is 0.0134. The zero-order valence-corrected chi connectivity index (χ0v) is 39.0. The number of nitrogens with zero attached hydrogens (tertiary/aromatic N) is 3. The molecule has 0 fully saturated rings. The molecule has 2 atom stereocenters. The number of phenolic OH excluding ortho intramolecular Hbond substituents is 2. The summed E-state index contributed by atoms with van der Waals surface area (Å²) in [6, 6.07) is 29.6. The summed E-state index contributed by atoms with van der Waals surface area (Å²) >= 11 is 0. The normalized spacial score (nSPS) is 13.1. The van der Waals surface area contributed by atoms with Crippen LogP contribution in [0.5, 0.6) is 23.0 Å². The number of nitrogens with two attached hydrogens (primary N) is 1. The Kier molecular flexibility index (Phi) is 17.9. The Morgan fingerprint density at radius 2 is 1.49 bits per heavy atom. The van der Waals surface area contributed by atoms with Crippen molar-refractivity contribution in [3.8, 4) is 34.1 Å². The summed E-state index contributed by atoms with van der Waals surface area (Å²) in [6.07, 6.45) is 3.32. The highest BCUT2D eigenvalue weighted by Crippen LogP contribution is 2.45. The van der Waals surface area contributed by atoms with Crippen LogP contribution in [0.2, 0.25) is 0 Å². The van der Waals surface area contributed by atoms with Crippen LogP contribution in [-0.2, 0) is 18.8 Å². The number of aliphatic imine (C=N–C) groups is 2. The number of esters is 1. The maximum Gasteiger partial charge on any atom is 0.524 e. The third kappa shape index (κ3) is 14.1. The topological polar surface area (TPSA) is 252 Å². The van der Waals surface area contributed by atoms with Crippen LogP contribution >= 0.6 is 29.4 Å². The summed E-state index contributed by atoms with van der Waals surface area (Å²) in [6.45, 7) is 0.703. The van der Waals surface area contributed by atoms with Gasteiger partial charge < -0.3 is 40.0 Å². The number of hydrogen-bond acceptors (Lipinski definition) is 15. The molecule has 352 valence electrons. The van der Waals surface area contributed by atoms with Gasteiger partial charge in [0.25, 0.3) is 0 Å². The van der Waals surface area contributed by atoms with Gasteiger partial charge in [0.2, 0.25) is 0 Å². The number of unbranched alkanes of at least 4 members (excludes halogenated alkanes) is 1. The zero-order valence-electron chi connectivity index (χ0n) is 36.5. The summed E-state index contributed by atoms with van der Waals surface area (Å²) in [5.74, 6) is -1.03. The first kappa shape index (κ1) is 50.1. The second-order valence-electron chi connectivity index (χ2n) is 15.0. The lowest BCUT2D eigenvalue weighted by Gasteiger charge is -2.21. The minimum absolute atomic E-state index is 0.0763. The van der Waals surface area contributed by atoms with Gasteiger partial charge in [-0.3, -0.25) is 24.7 Å². The molecule has 2 unspecified atom stereocenters. The molecule has 0 spiro atoms. The van der Waals surface area contributed by atoms with Gasteiger partial charge in [0.15, 0.2) is 0 Å². The molecule has 0 bridgehead atoms. The monoisotopic (exact) mass is 971 g/mol. The van der Waals surface area contributed by atoms with Gasteiger partial charge in [-0.1, -0.05) is 88.7 Å². The number of phosphoric acid groups is 1. The lowest BCUT2D eigenvalue weighted by Crippen LogP contribution is -2.43. The van der Waals surface area contributed by atoms with Crippen molar-refractivity contribution in [3.05, 3.63) is 131 Å². The second kappa shape index (κ2) is 23.9. The summed E-state index contributed by atoms with van der Waals surface area (Å²) < 4.78 is 32.2. The summed E-state index contributed by atoms with van der Waals surface area (Å²) in [4.78, 5) is 68.6. The number of alkyl carbamates (subject to hydrolysis) is 1. The number of anilines is 1. The van der Waals surface area contributed by atoms with E-state index in [0.29, 0.717) is 23.5 Å². The molecule has 6 rings (SSSR count). The third-order valence-corrected chi connectivity index (χ3v) is 13.3. The van der Waals surface area contributed by atoms with Crippen molar-refractivity contribution in [3.63, 3.8) is 0 Å². The van der Waals surface area contributed by atoms with Crippen LogP contribution in [0.4, 0.5) is 15.3 Å². The molecule has 17 nitrogen and oxygen atoms in total. The van der Waals surface area contributed by atoms with Crippen LogP contribution in [0.1, 0.15) is 47.4 Å². The maximum absolute atomic E-state index is 13.5. The highest BCUT2D eigenvalue weighted by Gasteiger charge is 2.30. The average molecular weight is 972 g/mol. The van der Waals surface area contributed by atoms with Crippen molar-refractivity contribution in [2.24, 2.45) is 15.7 Å². The highest BCUT2D eigenvalue weighted by atomic mass is 33.1. The fraction of sp³-hybridized carbons (Fsp3) is 0.255. The Morgan fingerprint density at radius 3 is 2.16 bits per heavy atom. The first-order valence-corrected chi connectivity index (χ1v) is 24.8. The molecule has 7 N–H and O–H groups in total. The van der Waals surface area contributed by atoms with Gasteiger partial charge in [-0.05, 0) is 90.2 Å². The Labute approximate surface area is 395 Å². The fourth-order valence-electron chi connectivity index (χ4n) is 7.06. The van der Waals surface area contributed by atoms with E-state index in [1.165, 1.54) is 89.5 Å². The fourth-order valence-corrected chi connectivity index (χ4v) is 9.84. The summed E-state index contributed by atoms with van der Waals surface area (Å²) in [7, 11) is 0.506. The van der Waals surface area contributed by atoms with Crippen molar-refractivity contribution >= 4 is 65.7 Å². The van der Waals surface area contributed by atoms with Gasteiger partial charge >= 0.3 is 26.0 Å². The third-order valence-electron chi connectivity index (χ3n) is 10.4. The average Bonchev–Trinajstić information content (AvgIpc) is 3.63. The number of nitrogens with one attached hydrogen (secondary N) is 1. The molecule has 2 amide bonds. The number of ether oxygens (including phenoxy) is 3. The molecular formula is C47H50N5O12PS2. The molecule has 20 heteroatoms. The number of methoxy groups -OCH3 is 1. The smallest absolute Gasteiger partial charge is 0.507 e. The highest BCUT2D eigenvalue weighted by molar-refractivity contribution is 8.76. The Morgan fingerprint density at radius 1 is 0.866 bits per heavy atom. The SMILES string of the molecule is COC(=O)C(CSSc1ccccc1N(C)C(=O)Oc1ccc(O)c(C=NC(CCCCN)CN=Cc2cc(OP(=O)(O)O)ccc2O)c1)NC(=O)OCC1c2ccccc2-c2ccccc21. The van der Waals surface area contributed by atoms with E-state index in [1.807, 2.05) is 48.5 Å². The molecule has 1 aliphatic rings. The van der Waals surface area contributed by atoms with Crippen molar-refractivity contribution in [1.29, 1.82) is 0 Å². The van der Waals surface area contributed by atoms with Gasteiger partial charge in [0.05, 0.1) is 25.4 Å². The number of benzene rings is 5. The summed E-state index contributed by atoms with van der Waals surface area (Å²) in [5.41, 5.74) is 10.9. The Balaban J connectivity index is 1.05. The van der Waals surface area contributed by atoms with Crippen molar-refractivity contribution < 1.29 is 57.7 Å². The van der Waals surface area contributed by atoms with E-state index >= 15 is 0 Å².